The van der Waals surface area contributed by atoms with E-state index in [1.54, 1.807) is 7.05 Å². The molecule has 90 valence electrons. The van der Waals surface area contributed by atoms with Gasteiger partial charge in [-0.3, -0.25) is 4.79 Å². The fraction of sp³-hybridized carbons (Fsp3) is 0.889. The Morgan fingerprint density at radius 1 is 1.13 bits per heavy atom. The first kappa shape index (κ1) is 14.3. The Morgan fingerprint density at radius 2 is 1.73 bits per heavy atom. The van der Waals surface area contributed by atoms with Crippen molar-refractivity contribution in [1.82, 2.24) is 5.32 Å². The first-order valence-corrected chi connectivity index (χ1v) is 4.87. The Labute approximate surface area is 89.5 Å². The molecule has 0 aromatic carbocycles. The predicted octanol–water partition coefficient (Wildman–Crippen LogP) is -1.23. The van der Waals surface area contributed by atoms with Crippen molar-refractivity contribution in [2.24, 2.45) is 0 Å². The van der Waals surface area contributed by atoms with Gasteiger partial charge in [0.25, 0.3) is 0 Å². The molecule has 0 aliphatic carbocycles. The molecule has 0 spiro atoms. The van der Waals surface area contributed by atoms with Crippen molar-refractivity contribution in [2.75, 3.05) is 53.2 Å². The minimum Gasteiger partial charge on any atom is -0.462 e. The van der Waals surface area contributed by atoms with Crippen LogP contribution >= 0.6 is 0 Å². The zero-order valence-corrected chi connectivity index (χ0v) is 9.03. The standard InChI is InChI=1S/C9H19NO5/c1-10-8-9(12)15-7-6-14-5-4-13-3-2-11/h10-11H,2-8H2,1H3. The van der Waals surface area contributed by atoms with Gasteiger partial charge >= 0.3 is 5.97 Å². The third-order valence-corrected chi connectivity index (χ3v) is 1.42. The summed E-state index contributed by atoms with van der Waals surface area (Å²) in [4.78, 5) is 10.8. The van der Waals surface area contributed by atoms with Crippen LogP contribution in [0, 0.1) is 0 Å². The van der Waals surface area contributed by atoms with Crippen molar-refractivity contribution in [1.29, 1.82) is 0 Å². The Balaban J connectivity index is 3.01. The fourth-order valence-electron chi connectivity index (χ4n) is 0.796. The molecule has 0 heterocycles. The van der Waals surface area contributed by atoms with Crippen LogP contribution in [0.5, 0.6) is 0 Å². The molecular weight excluding hydrogens is 202 g/mol. The third kappa shape index (κ3) is 11.2. The highest BCUT2D eigenvalue weighted by Gasteiger charge is 1.99. The average Bonchev–Trinajstić information content (AvgIpc) is 2.22. The quantitative estimate of drug-likeness (QED) is 0.355. The van der Waals surface area contributed by atoms with Crippen LogP contribution in [0.3, 0.4) is 0 Å². The van der Waals surface area contributed by atoms with Gasteiger partial charge in [0.2, 0.25) is 0 Å². The van der Waals surface area contributed by atoms with Crippen LogP contribution in [0.4, 0.5) is 0 Å². The summed E-state index contributed by atoms with van der Waals surface area (Å²) in [6, 6.07) is 0. The summed E-state index contributed by atoms with van der Waals surface area (Å²) in [5, 5.41) is 11.1. The van der Waals surface area contributed by atoms with E-state index in [-0.39, 0.29) is 25.7 Å². The van der Waals surface area contributed by atoms with E-state index >= 15 is 0 Å². The van der Waals surface area contributed by atoms with Gasteiger partial charge in [-0.2, -0.15) is 0 Å². The summed E-state index contributed by atoms with van der Waals surface area (Å²) in [6.07, 6.45) is 0. The molecule has 0 aromatic heterocycles. The smallest absolute Gasteiger partial charge is 0.319 e. The second kappa shape index (κ2) is 11.4. The number of aliphatic hydroxyl groups is 1. The SMILES string of the molecule is CNCC(=O)OCCOCCOCCO. The molecule has 0 fully saturated rings. The molecule has 0 aliphatic heterocycles. The summed E-state index contributed by atoms with van der Waals surface area (Å²) < 4.78 is 14.9. The van der Waals surface area contributed by atoms with Crippen molar-refractivity contribution in [3.05, 3.63) is 0 Å². The lowest BCUT2D eigenvalue weighted by atomic mass is 10.6. The van der Waals surface area contributed by atoms with Crippen molar-refractivity contribution in [3.63, 3.8) is 0 Å². The number of nitrogens with one attached hydrogen (secondary N) is 1. The molecule has 0 saturated carbocycles. The molecule has 0 atom stereocenters. The zero-order valence-electron chi connectivity index (χ0n) is 9.03. The van der Waals surface area contributed by atoms with E-state index in [0.29, 0.717) is 26.4 Å². The molecule has 15 heavy (non-hydrogen) atoms. The molecular formula is C9H19NO5. The van der Waals surface area contributed by atoms with Crippen LogP contribution < -0.4 is 5.32 Å². The number of carbonyl (C=O) groups is 1. The van der Waals surface area contributed by atoms with Gasteiger partial charge in [-0.25, -0.2) is 0 Å². The molecule has 0 aliphatic rings. The van der Waals surface area contributed by atoms with Gasteiger partial charge in [0.15, 0.2) is 0 Å². The van der Waals surface area contributed by atoms with E-state index in [4.69, 9.17) is 19.3 Å². The summed E-state index contributed by atoms with van der Waals surface area (Å²) in [5.74, 6) is -0.294. The van der Waals surface area contributed by atoms with E-state index in [9.17, 15) is 4.79 Å². The summed E-state index contributed by atoms with van der Waals surface area (Å²) >= 11 is 0. The second-order valence-corrected chi connectivity index (χ2v) is 2.70. The largest absolute Gasteiger partial charge is 0.462 e. The number of aliphatic hydroxyl groups excluding tert-OH is 1. The van der Waals surface area contributed by atoms with Crippen LogP contribution in [0.2, 0.25) is 0 Å². The van der Waals surface area contributed by atoms with Crippen LogP contribution in [-0.2, 0) is 19.0 Å². The zero-order chi connectivity index (χ0) is 11.4. The molecule has 0 amide bonds. The molecule has 0 bridgehead atoms. The van der Waals surface area contributed by atoms with E-state index in [2.05, 4.69) is 5.32 Å². The minimum atomic E-state index is -0.294. The van der Waals surface area contributed by atoms with Gasteiger partial charge in [-0.1, -0.05) is 0 Å². The number of hydrogen-bond acceptors (Lipinski definition) is 6. The van der Waals surface area contributed by atoms with Gasteiger partial charge < -0.3 is 24.6 Å². The Morgan fingerprint density at radius 3 is 2.33 bits per heavy atom. The van der Waals surface area contributed by atoms with Crippen LogP contribution in [0.25, 0.3) is 0 Å². The molecule has 0 rings (SSSR count). The van der Waals surface area contributed by atoms with Crippen molar-refractivity contribution in [3.8, 4) is 0 Å². The van der Waals surface area contributed by atoms with Gasteiger partial charge in [0.1, 0.15) is 6.61 Å². The number of hydrogen-bond donors (Lipinski definition) is 2. The number of ether oxygens (including phenoxy) is 3. The molecule has 6 nitrogen and oxygen atoms in total. The number of esters is 1. The second-order valence-electron chi connectivity index (χ2n) is 2.70. The molecule has 6 heteroatoms. The van der Waals surface area contributed by atoms with E-state index in [0.717, 1.165) is 0 Å². The maximum Gasteiger partial charge on any atom is 0.319 e. The number of likely N-dealkylation sites (N-methyl/N-ethyl adjacent to an activating group) is 1. The number of rotatable bonds is 10. The summed E-state index contributed by atoms with van der Waals surface area (Å²) in [6.45, 7) is 2.02. The van der Waals surface area contributed by atoms with Crippen molar-refractivity contribution in [2.45, 2.75) is 0 Å². The van der Waals surface area contributed by atoms with E-state index in [1.165, 1.54) is 0 Å². The molecule has 0 saturated heterocycles. The van der Waals surface area contributed by atoms with Crippen LogP contribution in [-0.4, -0.2) is 64.3 Å². The highest BCUT2D eigenvalue weighted by Crippen LogP contribution is 1.81. The highest BCUT2D eigenvalue weighted by atomic mass is 16.6. The monoisotopic (exact) mass is 221 g/mol. The Hall–Kier alpha value is -0.690. The first-order valence-electron chi connectivity index (χ1n) is 4.87. The van der Waals surface area contributed by atoms with Gasteiger partial charge in [0.05, 0.1) is 39.6 Å². The highest BCUT2D eigenvalue weighted by molar-refractivity contribution is 5.71. The topological polar surface area (TPSA) is 77.0 Å². The summed E-state index contributed by atoms with van der Waals surface area (Å²) in [5.41, 5.74) is 0. The van der Waals surface area contributed by atoms with Crippen molar-refractivity contribution >= 4 is 5.97 Å². The maximum absolute atomic E-state index is 10.8. The Bertz CT molecular complexity index is 153. The maximum atomic E-state index is 10.8. The van der Waals surface area contributed by atoms with Crippen LogP contribution in [0.15, 0.2) is 0 Å². The normalized spacial score (nSPS) is 10.3. The van der Waals surface area contributed by atoms with E-state index < -0.39 is 0 Å². The van der Waals surface area contributed by atoms with E-state index in [1.807, 2.05) is 0 Å². The fourth-order valence-corrected chi connectivity index (χ4v) is 0.796. The minimum absolute atomic E-state index is 0.0155. The number of carbonyl (C=O) groups excluding carboxylic acids is 1. The molecule has 2 N–H and O–H groups in total. The van der Waals surface area contributed by atoms with Gasteiger partial charge in [-0.05, 0) is 7.05 Å². The Kier molecular flexibility index (Phi) is 10.9. The van der Waals surface area contributed by atoms with Crippen molar-refractivity contribution < 1.29 is 24.1 Å². The first-order chi connectivity index (χ1) is 7.31. The van der Waals surface area contributed by atoms with Gasteiger partial charge in [0, 0.05) is 0 Å². The average molecular weight is 221 g/mol. The van der Waals surface area contributed by atoms with Crippen LogP contribution in [0.1, 0.15) is 0 Å². The lowest BCUT2D eigenvalue weighted by Gasteiger charge is -2.06. The lowest BCUT2D eigenvalue weighted by Crippen LogP contribution is -2.22. The molecule has 0 unspecified atom stereocenters. The molecule has 0 radical (unpaired) electrons. The molecule has 0 aromatic rings. The lowest BCUT2D eigenvalue weighted by molar-refractivity contribution is -0.144. The predicted molar refractivity (Wildman–Crippen MR) is 53.6 cm³/mol. The van der Waals surface area contributed by atoms with Gasteiger partial charge in [-0.15, -0.1) is 0 Å². The third-order valence-electron chi connectivity index (χ3n) is 1.42. The summed E-state index contributed by atoms with van der Waals surface area (Å²) in [7, 11) is 1.68.